The molecule has 0 rings (SSSR count). The van der Waals surface area contributed by atoms with Crippen molar-refractivity contribution in [1.29, 1.82) is 0 Å². The van der Waals surface area contributed by atoms with E-state index < -0.39 is 24.0 Å². The van der Waals surface area contributed by atoms with Crippen LogP contribution in [0.5, 0.6) is 0 Å². The van der Waals surface area contributed by atoms with Crippen LogP contribution >= 0.6 is 0 Å². The smallest absolute Gasteiger partial charge is 0.333 e. The van der Waals surface area contributed by atoms with E-state index in [-0.39, 0.29) is 6.42 Å². The first-order chi connectivity index (χ1) is 6.00. The molecule has 2 unspecified atom stereocenters. The monoisotopic (exact) mass is 190 g/mol. The molecule has 3 N–H and O–H groups in total. The van der Waals surface area contributed by atoms with E-state index in [1.54, 1.807) is 0 Å². The van der Waals surface area contributed by atoms with E-state index in [0.717, 1.165) is 6.42 Å². The van der Waals surface area contributed by atoms with Crippen molar-refractivity contribution < 1.29 is 24.9 Å². The molecular weight excluding hydrogens is 176 g/mol. The Labute approximate surface area is 76.0 Å². The molecule has 0 spiro atoms. The zero-order valence-corrected chi connectivity index (χ0v) is 7.43. The van der Waals surface area contributed by atoms with Gasteiger partial charge in [-0.05, 0) is 6.42 Å². The lowest BCUT2D eigenvalue weighted by Gasteiger charge is -2.14. The minimum absolute atomic E-state index is 0.194. The Morgan fingerprint density at radius 1 is 1.23 bits per heavy atom. The number of carbonyl (C=O) groups is 2. The highest BCUT2D eigenvalue weighted by Gasteiger charge is 2.30. The molecule has 5 nitrogen and oxygen atoms in total. The van der Waals surface area contributed by atoms with Crippen molar-refractivity contribution in [3.63, 3.8) is 0 Å². The number of hydrogen-bond donors (Lipinski definition) is 3. The Hall–Kier alpha value is -1.10. The molecule has 0 fully saturated rings. The van der Waals surface area contributed by atoms with Gasteiger partial charge in [-0.1, -0.05) is 19.8 Å². The van der Waals surface area contributed by atoms with Gasteiger partial charge in [0.05, 0.1) is 5.92 Å². The first kappa shape index (κ1) is 11.9. The van der Waals surface area contributed by atoms with Crippen LogP contribution in [0.1, 0.15) is 26.2 Å². The molecule has 0 amide bonds. The number of aliphatic hydroxyl groups excluding tert-OH is 1. The van der Waals surface area contributed by atoms with Gasteiger partial charge in [-0.25, -0.2) is 4.79 Å². The predicted octanol–water partition coefficient (Wildman–Crippen LogP) is 0.323. The summed E-state index contributed by atoms with van der Waals surface area (Å²) in [7, 11) is 0. The van der Waals surface area contributed by atoms with Gasteiger partial charge in [-0.2, -0.15) is 0 Å². The molecule has 0 heterocycles. The summed E-state index contributed by atoms with van der Waals surface area (Å²) >= 11 is 0. The van der Waals surface area contributed by atoms with E-state index >= 15 is 0 Å². The van der Waals surface area contributed by atoms with Crippen molar-refractivity contribution >= 4 is 11.9 Å². The summed E-state index contributed by atoms with van der Waals surface area (Å²) in [6, 6.07) is 0. The van der Waals surface area contributed by atoms with E-state index in [2.05, 4.69) is 0 Å². The highest BCUT2D eigenvalue weighted by molar-refractivity contribution is 5.81. The lowest BCUT2D eigenvalue weighted by Crippen LogP contribution is -2.34. The first-order valence-corrected chi connectivity index (χ1v) is 4.14. The van der Waals surface area contributed by atoms with Crippen molar-refractivity contribution in [2.45, 2.75) is 32.3 Å². The van der Waals surface area contributed by atoms with Crippen LogP contribution in [0.25, 0.3) is 0 Å². The summed E-state index contributed by atoms with van der Waals surface area (Å²) < 4.78 is 0. The molecule has 13 heavy (non-hydrogen) atoms. The molecule has 0 saturated heterocycles. The van der Waals surface area contributed by atoms with Gasteiger partial charge >= 0.3 is 11.9 Å². The Morgan fingerprint density at radius 2 is 1.77 bits per heavy atom. The third-order valence-corrected chi connectivity index (χ3v) is 1.82. The summed E-state index contributed by atoms with van der Waals surface area (Å²) in [5.74, 6) is -3.94. The largest absolute Gasteiger partial charge is 0.481 e. The first-order valence-electron chi connectivity index (χ1n) is 4.14. The van der Waals surface area contributed by atoms with Gasteiger partial charge < -0.3 is 15.3 Å². The number of unbranched alkanes of at least 4 members (excludes halogenated alkanes) is 1. The SMILES string of the molecule is CCCCC(C(=O)O)C(O)C(=O)O. The second-order valence-corrected chi connectivity index (χ2v) is 2.87. The van der Waals surface area contributed by atoms with Crippen molar-refractivity contribution in [1.82, 2.24) is 0 Å². The number of rotatable bonds is 6. The molecule has 0 aliphatic rings. The Balaban J connectivity index is 4.24. The van der Waals surface area contributed by atoms with Crippen LogP contribution in [0.3, 0.4) is 0 Å². The van der Waals surface area contributed by atoms with E-state index in [4.69, 9.17) is 15.3 Å². The molecule has 0 radical (unpaired) electrons. The standard InChI is InChI=1S/C8H14O5/c1-2-3-4-5(7(10)11)6(9)8(12)13/h5-6,9H,2-4H2,1H3,(H,10,11)(H,12,13). The summed E-state index contributed by atoms with van der Waals surface area (Å²) in [5, 5.41) is 26.0. The van der Waals surface area contributed by atoms with Crippen LogP contribution in [-0.4, -0.2) is 33.4 Å². The minimum Gasteiger partial charge on any atom is -0.481 e. The molecule has 0 aromatic carbocycles. The van der Waals surface area contributed by atoms with E-state index in [9.17, 15) is 9.59 Å². The molecular formula is C8H14O5. The number of carboxylic acids is 2. The zero-order chi connectivity index (χ0) is 10.4. The Morgan fingerprint density at radius 3 is 2.08 bits per heavy atom. The quantitative estimate of drug-likeness (QED) is 0.560. The average Bonchev–Trinajstić information content (AvgIpc) is 2.04. The van der Waals surface area contributed by atoms with E-state index in [1.165, 1.54) is 0 Å². The van der Waals surface area contributed by atoms with Crippen molar-refractivity contribution in [2.24, 2.45) is 5.92 Å². The predicted molar refractivity (Wildman–Crippen MR) is 44.3 cm³/mol. The average molecular weight is 190 g/mol. The number of carboxylic acid groups (broad SMARTS) is 2. The fourth-order valence-electron chi connectivity index (χ4n) is 1.01. The van der Waals surface area contributed by atoms with E-state index in [1.807, 2.05) is 6.92 Å². The fraction of sp³-hybridized carbons (Fsp3) is 0.750. The number of aliphatic carboxylic acids is 2. The maximum Gasteiger partial charge on any atom is 0.333 e. The summed E-state index contributed by atoms with van der Waals surface area (Å²) in [6.45, 7) is 1.87. The summed E-state index contributed by atoms with van der Waals surface area (Å²) in [4.78, 5) is 20.8. The third kappa shape index (κ3) is 3.89. The summed E-state index contributed by atoms with van der Waals surface area (Å²) in [6.07, 6.45) is -0.236. The molecule has 2 atom stereocenters. The molecule has 76 valence electrons. The third-order valence-electron chi connectivity index (χ3n) is 1.82. The topological polar surface area (TPSA) is 94.8 Å². The van der Waals surface area contributed by atoms with Crippen LogP contribution in [0.4, 0.5) is 0 Å². The molecule has 0 saturated carbocycles. The molecule has 0 aromatic heterocycles. The normalized spacial score (nSPS) is 14.9. The maximum absolute atomic E-state index is 10.5. The molecule has 0 aliphatic carbocycles. The van der Waals surface area contributed by atoms with Gasteiger partial charge in [0.25, 0.3) is 0 Å². The molecule has 0 bridgehead atoms. The summed E-state index contributed by atoms with van der Waals surface area (Å²) in [5.41, 5.74) is 0. The number of aliphatic hydroxyl groups is 1. The zero-order valence-electron chi connectivity index (χ0n) is 7.43. The van der Waals surface area contributed by atoms with Crippen LogP contribution in [0, 0.1) is 5.92 Å². The highest BCUT2D eigenvalue weighted by atomic mass is 16.4. The van der Waals surface area contributed by atoms with Crippen molar-refractivity contribution in [3.05, 3.63) is 0 Å². The minimum atomic E-state index is -1.80. The van der Waals surface area contributed by atoms with Crippen molar-refractivity contribution in [3.8, 4) is 0 Å². The van der Waals surface area contributed by atoms with Crippen LogP contribution in [0.2, 0.25) is 0 Å². The van der Waals surface area contributed by atoms with Crippen LogP contribution in [-0.2, 0) is 9.59 Å². The van der Waals surface area contributed by atoms with Crippen LogP contribution < -0.4 is 0 Å². The lowest BCUT2D eigenvalue weighted by molar-refractivity contribution is -0.159. The second kappa shape index (κ2) is 5.53. The maximum atomic E-state index is 10.5. The second-order valence-electron chi connectivity index (χ2n) is 2.87. The number of hydrogen-bond acceptors (Lipinski definition) is 3. The van der Waals surface area contributed by atoms with E-state index in [0.29, 0.717) is 6.42 Å². The molecule has 0 aliphatic heterocycles. The van der Waals surface area contributed by atoms with Crippen molar-refractivity contribution in [2.75, 3.05) is 0 Å². The van der Waals surface area contributed by atoms with Gasteiger partial charge in [0, 0.05) is 0 Å². The van der Waals surface area contributed by atoms with Gasteiger partial charge in [-0.15, -0.1) is 0 Å². The van der Waals surface area contributed by atoms with Crippen LogP contribution in [0.15, 0.2) is 0 Å². The lowest BCUT2D eigenvalue weighted by atomic mass is 9.96. The van der Waals surface area contributed by atoms with Gasteiger partial charge in [0.1, 0.15) is 0 Å². The van der Waals surface area contributed by atoms with Gasteiger partial charge in [-0.3, -0.25) is 4.79 Å². The highest BCUT2D eigenvalue weighted by Crippen LogP contribution is 2.13. The van der Waals surface area contributed by atoms with Gasteiger partial charge in [0.15, 0.2) is 6.10 Å². The Kier molecular flexibility index (Phi) is 5.06. The Bertz CT molecular complexity index is 189. The fourth-order valence-corrected chi connectivity index (χ4v) is 1.01. The molecule has 0 aromatic rings. The molecule has 5 heteroatoms. The van der Waals surface area contributed by atoms with Gasteiger partial charge in [0.2, 0.25) is 0 Å².